The highest BCUT2D eigenvalue weighted by molar-refractivity contribution is 5.91. The fourth-order valence-electron chi connectivity index (χ4n) is 8.97. The third-order valence-electron chi connectivity index (χ3n) is 12.6. The van der Waals surface area contributed by atoms with Crippen LogP contribution in [0.25, 0.3) is 33.6 Å². The monoisotopic (exact) mass is 836 g/mol. The highest BCUT2D eigenvalue weighted by Gasteiger charge is 2.50. The molecule has 3 aromatic carbocycles. The molecule has 14 heteroatoms. The molecule has 0 unspecified atom stereocenters. The van der Waals surface area contributed by atoms with Crippen LogP contribution in [0.5, 0.6) is 0 Å². The number of likely N-dealkylation sites (tertiary alicyclic amines) is 2. The van der Waals surface area contributed by atoms with E-state index in [0.717, 1.165) is 64.2 Å². The summed E-state index contributed by atoms with van der Waals surface area (Å²) < 4.78 is 10.3. The van der Waals surface area contributed by atoms with Gasteiger partial charge in [0.2, 0.25) is 17.7 Å². The average Bonchev–Trinajstić information content (AvgIpc) is 4.01. The number of ether oxygens (including phenoxy) is 2. The smallest absolute Gasteiger partial charge is 0.407 e. The fraction of sp³-hybridized carbons (Fsp3) is 0.375. The molecular weight excluding hydrogens is 785 g/mol. The lowest BCUT2D eigenvalue weighted by Crippen LogP contribution is -2.50. The van der Waals surface area contributed by atoms with E-state index < -0.39 is 18.2 Å². The summed E-state index contributed by atoms with van der Waals surface area (Å²) in [6.07, 6.45) is 8.21. The Morgan fingerprint density at radius 3 is 1.92 bits per heavy atom. The highest BCUT2D eigenvalue weighted by atomic mass is 16.5. The van der Waals surface area contributed by atoms with Crippen LogP contribution < -0.4 is 10.6 Å². The second-order valence-corrected chi connectivity index (χ2v) is 17.2. The first kappa shape index (κ1) is 40.8. The topological polar surface area (TPSA) is 175 Å². The van der Waals surface area contributed by atoms with Gasteiger partial charge in [0.1, 0.15) is 23.7 Å². The maximum atomic E-state index is 14.4. The number of aromatic amines is 2. The van der Waals surface area contributed by atoms with E-state index in [-0.39, 0.29) is 53.5 Å². The van der Waals surface area contributed by atoms with Crippen molar-refractivity contribution >= 4 is 23.8 Å². The van der Waals surface area contributed by atoms with Crippen LogP contribution in [-0.4, -0.2) is 87.0 Å². The number of hydrogen-bond acceptors (Lipinski definition) is 8. The third-order valence-corrected chi connectivity index (χ3v) is 12.6. The van der Waals surface area contributed by atoms with Crippen molar-refractivity contribution in [2.75, 3.05) is 27.4 Å². The van der Waals surface area contributed by atoms with Crippen LogP contribution in [0.2, 0.25) is 0 Å². The van der Waals surface area contributed by atoms with Crippen molar-refractivity contribution in [1.29, 1.82) is 0 Å². The number of hydrogen-bond donors (Lipinski definition) is 4. The maximum Gasteiger partial charge on any atom is 0.407 e. The van der Waals surface area contributed by atoms with Gasteiger partial charge in [0.05, 0.1) is 49.6 Å². The minimum Gasteiger partial charge on any atom is -0.453 e. The predicted octanol–water partition coefficient (Wildman–Crippen LogP) is 7.11. The van der Waals surface area contributed by atoms with Crippen LogP contribution in [0.3, 0.4) is 0 Å². The molecular formula is C48H52N8O6. The molecule has 4 amide bonds. The number of methoxy groups -OCH3 is 2. The van der Waals surface area contributed by atoms with E-state index in [1.807, 2.05) is 55.3 Å². The molecule has 6 atom stereocenters. The number of alkyl carbamates (subject to hydrolysis) is 1. The van der Waals surface area contributed by atoms with Crippen molar-refractivity contribution in [3.05, 3.63) is 120 Å². The highest BCUT2D eigenvalue weighted by Crippen LogP contribution is 2.51. The van der Waals surface area contributed by atoms with E-state index in [0.29, 0.717) is 31.2 Å². The van der Waals surface area contributed by atoms with Crippen molar-refractivity contribution < 1.29 is 28.7 Å². The van der Waals surface area contributed by atoms with Gasteiger partial charge in [-0.1, -0.05) is 98.8 Å². The number of carbonyl (C=O) groups is 4. The Morgan fingerprint density at radius 1 is 0.758 bits per heavy atom. The van der Waals surface area contributed by atoms with E-state index >= 15 is 0 Å². The van der Waals surface area contributed by atoms with Gasteiger partial charge in [-0.25, -0.2) is 14.8 Å². The molecule has 4 N–H and O–H groups in total. The molecule has 62 heavy (non-hydrogen) atoms. The molecule has 2 saturated heterocycles. The number of H-pyrrole nitrogens is 2. The fourth-order valence-corrected chi connectivity index (χ4v) is 8.97. The number of benzene rings is 3. The molecule has 4 aliphatic rings. The zero-order valence-corrected chi connectivity index (χ0v) is 35.3. The number of nitrogens with zero attached hydrogens (tertiary/aromatic N) is 4. The van der Waals surface area contributed by atoms with Gasteiger partial charge >= 0.3 is 6.09 Å². The first-order valence-electron chi connectivity index (χ1n) is 21.4. The summed E-state index contributed by atoms with van der Waals surface area (Å²) in [6.45, 7) is 4.82. The number of carbonyl (C=O) groups excluding carboxylic acids is 4. The lowest BCUT2D eigenvalue weighted by Gasteiger charge is -2.30. The largest absolute Gasteiger partial charge is 0.453 e. The Hall–Kier alpha value is -6.54. The molecule has 4 heterocycles. The van der Waals surface area contributed by atoms with Gasteiger partial charge in [-0.2, -0.15) is 0 Å². The van der Waals surface area contributed by atoms with Gasteiger partial charge < -0.3 is 39.9 Å². The standard InChI is InChI=1S/C48H52N8O6/c1-27(2)41(54-48(60)62-4)47(59)56-38-21-35(38)22-40(56)44-50-24-37(52-44)32-16-12-30(13-17-32)29-10-14-31(15-11-29)36-23-49-43(51-36)39-20-28(26-61-3)25-55(39)46(58)42(33-8-6-5-7-9-33)53-45(57)34-18-19-34/h5-17,21,23-24,27-28,34-35,39-42H,18-20,22,25-26H2,1-4H3,(H,49,51)(H,50,52)(H,53,57)(H,54,60)/t28-,35+,39-,40-,41-,42+/m0/s1. The number of imidazole rings is 2. The molecule has 0 spiro atoms. The average molecular weight is 837 g/mol. The summed E-state index contributed by atoms with van der Waals surface area (Å²) in [4.78, 5) is 73.3. The number of nitrogens with one attached hydrogen (secondary N) is 4. The molecule has 320 valence electrons. The van der Waals surface area contributed by atoms with Gasteiger partial charge in [-0.05, 0) is 59.4 Å². The van der Waals surface area contributed by atoms with Crippen LogP contribution in [0.1, 0.15) is 74.9 Å². The Kier molecular flexibility index (Phi) is 11.3. The number of aromatic nitrogens is 4. The van der Waals surface area contributed by atoms with Crippen LogP contribution in [0, 0.1) is 23.7 Å². The van der Waals surface area contributed by atoms with Gasteiger partial charge in [-0.3, -0.25) is 14.4 Å². The van der Waals surface area contributed by atoms with Gasteiger partial charge in [0.25, 0.3) is 0 Å². The molecule has 9 rings (SSSR count). The molecule has 1 saturated carbocycles. The summed E-state index contributed by atoms with van der Waals surface area (Å²) in [5.74, 6) is 1.21. The van der Waals surface area contributed by atoms with Crippen molar-refractivity contribution in [1.82, 2.24) is 40.4 Å². The molecule has 14 nitrogen and oxygen atoms in total. The summed E-state index contributed by atoms with van der Waals surface area (Å²) in [5.41, 5.74) is 7.46. The molecule has 0 radical (unpaired) electrons. The number of rotatable bonds is 14. The SMILES string of the molecule is COC[C@H]1C[C@@H](c2ncc(-c3ccc(-c4ccc(-c5cnc([C@@H]6C[C@H]7C=C7N6C(=O)[C@@H](NC(=O)OC)C(C)C)[nH]5)cc4)cc3)[nH]2)N(C(=O)[C@H](NC(=O)C2CC2)c2ccccc2)C1. The minimum absolute atomic E-state index is 0.0269. The summed E-state index contributed by atoms with van der Waals surface area (Å²) in [6, 6.07) is 23.9. The Morgan fingerprint density at radius 2 is 1.35 bits per heavy atom. The minimum atomic E-state index is -0.786. The second-order valence-electron chi connectivity index (χ2n) is 17.2. The number of fused-ring (bicyclic) bond motifs is 1. The molecule has 5 aromatic rings. The second kappa shape index (κ2) is 17.1. The number of amides is 4. The van der Waals surface area contributed by atoms with Gasteiger partial charge in [0, 0.05) is 37.1 Å². The molecule has 0 bridgehead atoms. The van der Waals surface area contributed by atoms with Gasteiger partial charge in [-0.15, -0.1) is 0 Å². The van der Waals surface area contributed by atoms with E-state index in [1.54, 1.807) is 18.2 Å². The molecule has 2 aromatic heterocycles. The van der Waals surface area contributed by atoms with Crippen molar-refractivity contribution in [2.24, 2.45) is 23.7 Å². The number of allylic oxidation sites excluding steroid dienone is 2. The first-order chi connectivity index (χ1) is 30.1. The quantitative estimate of drug-likeness (QED) is 0.0916. The Balaban J connectivity index is 0.879. The van der Waals surface area contributed by atoms with Crippen LogP contribution >= 0.6 is 0 Å². The Bertz CT molecular complexity index is 2470. The molecule has 3 fully saturated rings. The third kappa shape index (κ3) is 8.26. The van der Waals surface area contributed by atoms with Crippen LogP contribution in [0.4, 0.5) is 4.79 Å². The lowest BCUT2D eigenvalue weighted by molar-refractivity contribution is -0.138. The molecule has 2 aliphatic heterocycles. The van der Waals surface area contributed by atoms with E-state index in [2.05, 4.69) is 75.2 Å². The zero-order valence-electron chi connectivity index (χ0n) is 35.3. The lowest BCUT2D eigenvalue weighted by atomic mass is 10.0. The van der Waals surface area contributed by atoms with Crippen LogP contribution in [0.15, 0.2) is 103 Å². The summed E-state index contributed by atoms with van der Waals surface area (Å²) >= 11 is 0. The normalized spacial score (nSPS) is 21.3. The van der Waals surface area contributed by atoms with Crippen LogP contribution in [-0.2, 0) is 23.9 Å². The first-order valence-corrected chi connectivity index (χ1v) is 21.4. The van der Waals surface area contributed by atoms with E-state index in [4.69, 9.17) is 19.4 Å². The summed E-state index contributed by atoms with van der Waals surface area (Å²) in [7, 11) is 2.97. The zero-order chi connectivity index (χ0) is 43.1. The maximum absolute atomic E-state index is 14.4. The van der Waals surface area contributed by atoms with Gasteiger partial charge in [0.15, 0.2) is 0 Å². The van der Waals surface area contributed by atoms with Crippen molar-refractivity contribution in [2.45, 2.75) is 63.7 Å². The predicted molar refractivity (Wildman–Crippen MR) is 231 cm³/mol. The summed E-state index contributed by atoms with van der Waals surface area (Å²) in [5, 5.41) is 5.77. The van der Waals surface area contributed by atoms with E-state index in [1.165, 1.54) is 7.11 Å². The molecule has 2 aliphatic carbocycles. The van der Waals surface area contributed by atoms with Crippen molar-refractivity contribution in [3.8, 4) is 33.6 Å². The van der Waals surface area contributed by atoms with E-state index in [9.17, 15) is 19.2 Å². The van der Waals surface area contributed by atoms with Crippen molar-refractivity contribution in [3.63, 3.8) is 0 Å². The Labute approximate surface area is 360 Å².